The minimum Gasteiger partial charge on any atom is -0.394 e. The monoisotopic (exact) mass is 1210 g/mol. The molecule has 3 rings (SSSR count). The molecule has 3 fully saturated rings. The molecule has 25 heteroatoms. The number of ketones is 5. The highest BCUT2D eigenvalue weighted by Gasteiger charge is 2.51. The van der Waals surface area contributed by atoms with E-state index in [4.69, 9.17) is 29.4 Å². The van der Waals surface area contributed by atoms with Crippen molar-refractivity contribution < 1.29 is 97.5 Å². The Hall–Kier alpha value is -4.25. The van der Waals surface area contributed by atoms with Crippen LogP contribution in [-0.4, -0.2) is 211 Å². The fraction of sp³-hybridized carbons (Fsp3) is 0.850. The third kappa shape index (κ3) is 20.7. The van der Waals surface area contributed by atoms with Crippen LogP contribution in [0.1, 0.15) is 150 Å². The number of amides is 4. The molecular formula is C60H103N5O20. The van der Waals surface area contributed by atoms with E-state index in [2.05, 4.69) is 16.0 Å². The van der Waals surface area contributed by atoms with Crippen molar-refractivity contribution in [2.75, 3.05) is 19.8 Å². The van der Waals surface area contributed by atoms with Gasteiger partial charge in [0.05, 0.1) is 67.3 Å². The molecule has 85 heavy (non-hydrogen) atoms. The van der Waals surface area contributed by atoms with Gasteiger partial charge in [0.1, 0.15) is 36.6 Å². The number of carbonyl (C=O) groups is 9. The van der Waals surface area contributed by atoms with E-state index < -0.39 is 193 Å². The molecule has 21 atom stereocenters. The molecule has 0 aliphatic carbocycles. The van der Waals surface area contributed by atoms with Crippen molar-refractivity contribution in [1.29, 1.82) is 0 Å². The Morgan fingerprint density at radius 2 is 1.11 bits per heavy atom. The summed E-state index contributed by atoms with van der Waals surface area (Å²) < 4.78 is 29.7. The number of likely N-dealkylation sites (tertiary alicyclic amines) is 1. The lowest BCUT2D eigenvalue weighted by atomic mass is 9.84. The SMILES string of the molecule is CC(=O)[C@H](C)NC(=O)C(CC(=O)[C@@H](NC(=O)C(CC(=O)[C@H](C)NC(=O)C(C)CC(=O)[C@@H]1CC(OC(C)(C)C)CN1C(=O)C(CC(=O)[C@@H](N)C(C)O[C@H]1OC(CO)[C@H](O)[C@H](O[C@@H]2OC(CO)[C@H](O)[C@H](O)C2O)C1C)C(C)C)C(C)C)C(C)C)C(C)C. The van der Waals surface area contributed by atoms with Gasteiger partial charge < -0.3 is 80.9 Å². The third-order valence-electron chi connectivity index (χ3n) is 16.7. The van der Waals surface area contributed by atoms with Gasteiger partial charge in [-0.1, -0.05) is 69.2 Å². The first-order chi connectivity index (χ1) is 39.3. The Balaban J connectivity index is 1.73. The second-order valence-corrected chi connectivity index (χ2v) is 26.3. The largest absolute Gasteiger partial charge is 0.394 e. The van der Waals surface area contributed by atoms with Crippen molar-refractivity contribution >= 4 is 52.5 Å². The fourth-order valence-corrected chi connectivity index (χ4v) is 10.8. The highest BCUT2D eigenvalue weighted by Crippen LogP contribution is 2.35. The zero-order chi connectivity index (χ0) is 65.0. The van der Waals surface area contributed by atoms with Crippen LogP contribution in [0.15, 0.2) is 0 Å². The van der Waals surface area contributed by atoms with Crippen LogP contribution >= 0.6 is 0 Å². The minimum absolute atomic E-state index is 0.00338. The molecule has 11 N–H and O–H groups in total. The van der Waals surface area contributed by atoms with Gasteiger partial charge in [0.25, 0.3) is 0 Å². The molecule has 4 amide bonds. The average molecular weight is 1210 g/mol. The van der Waals surface area contributed by atoms with Crippen LogP contribution in [0.2, 0.25) is 0 Å². The summed E-state index contributed by atoms with van der Waals surface area (Å²) in [7, 11) is 0. The Kier molecular flexibility index (Phi) is 29.0. The first-order valence-corrected chi connectivity index (χ1v) is 30.1. The Morgan fingerprint density at radius 1 is 0.612 bits per heavy atom. The van der Waals surface area contributed by atoms with E-state index in [1.807, 2.05) is 20.8 Å². The maximum absolute atomic E-state index is 14.7. The van der Waals surface area contributed by atoms with E-state index in [0.29, 0.717) is 0 Å². The summed E-state index contributed by atoms with van der Waals surface area (Å²) in [6.45, 7) is 27.0. The Labute approximate surface area is 501 Å². The number of hydrogen-bond donors (Lipinski definition) is 10. The molecule has 0 spiro atoms. The molecule has 3 aliphatic heterocycles. The standard InChI is InChI=1S/C60H103N5O20/c1-26(2)37(56(79)64-48(29(7)8)44(72)21-38(27(3)4)55(78)62-32(11)34(13)68)20-41(69)33(12)63-54(77)30(9)18-42(70)40-19-36(85-60(15,16)17)23-65(40)57(80)39(28(5)6)22-43(71)47(61)35(14)81-58-31(10)53(50(74)46(25-67)82-58)84-59-52(76)51(75)49(73)45(24-66)83-59/h26-33,35-40,45-53,58-59,66-67,73-76H,18-25,61H2,1-17H3,(H,62,78)(H,63,77)(H,64,79)/t30?,31?,32-,33-,35?,36?,37?,38?,39?,40-,45?,46?,47-,48-,49-,50-,51-,52?,53+,58-,59-/m0/s1. The normalized spacial score (nSPS) is 28.9. The number of nitrogens with two attached hydrogens (primary N) is 1. The minimum atomic E-state index is -1.81. The molecule has 0 aromatic carbocycles. The van der Waals surface area contributed by atoms with E-state index in [0.717, 1.165) is 0 Å². The van der Waals surface area contributed by atoms with Crippen LogP contribution < -0.4 is 21.7 Å². The van der Waals surface area contributed by atoms with Crippen LogP contribution in [0, 0.1) is 53.3 Å². The summed E-state index contributed by atoms with van der Waals surface area (Å²) in [5.41, 5.74) is 5.84. The molecule has 0 bridgehead atoms. The van der Waals surface area contributed by atoms with Gasteiger partial charge in [-0.15, -0.1) is 0 Å². The van der Waals surface area contributed by atoms with Gasteiger partial charge in [-0.25, -0.2) is 0 Å². The molecule has 0 radical (unpaired) electrons. The highest BCUT2D eigenvalue weighted by atomic mass is 16.7. The number of nitrogens with one attached hydrogen (secondary N) is 3. The van der Waals surface area contributed by atoms with Crippen molar-refractivity contribution in [1.82, 2.24) is 20.9 Å². The van der Waals surface area contributed by atoms with Gasteiger partial charge >= 0.3 is 0 Å². The summed E-state index contributed by atoms with van der Waals surface area (Å²) in [5, 5.41) is 70.3. The zero-order valence-electron chi connectivity index (χ0n) is 53.0. The van der Waals surface area contributed by atoms with Gasteiger partial charge in [0, 0.05) is 68.2 Å². The van der Waals surface area contributed by atoms with Crippen molar-refractivity contribution in [3.63, 3.8) is 0 Å². The third-order valence-corrected chi connectivity index (χ3v) is 16.7. The summed E-state index contributed by atoms with van der Waals surface area (Å²) >= 11 is 0. The zero-order valence-corrected chi connectivity index (χ0v) is 53.0. The molecule has 0 aromatic rings. The fourth-order valence-electron chi connectivity index (χ4n) is 10.8. The first-order valence-electron chi connectivity index (χ1n) is 30.1. The predicted octanol–water partition coefficient (Wildman–Crippen LogP) is 0.431. The van der Waals surface area contributed by atoms with E-state index in [1.54, 1.807) is 69.2 Å². The van der Waals surface area contributed by atoms with E-state index in [1.165, 1.54) is 32.6 Å². The number of hydrogen-bond acceptors (Lipinski definition) is 21. The van der Waals surface area contributed by atoms with Crippen LogP contribution in [0.4, 0.5) is 0 Å². The quantitative estimate of drug-likeness (QED) is 0.0437. The van der Waals surface area contributed by atoms with Crippen molar-refractivity contribution in [2.45, 2.75) is 253 Å². The number of rotatable bonds is 32. The topological polar surface area (TPSA) is 387 Å². The second-order valence-electron chi connectivity index (χ2n) is 26.3. The summed E-state index contributed by atoms with van der Waals surface area (Å²) in [5.74, 6) is -10.3. The number of nitrogens with zero attached hydrogens (tertiary/aromatic N) is 1. The van der Waals surface area contributed by atoms with Crippen LogP contribution in [0.3, 0.4) is 0 Å². The molecular weight excluding hydrogens is 1110 g/mol. The second kappa shape index (κ2) is 32.8. The number of aliphatic hydroxyl groups is 6. The lowest BCUT2D eigenvalue weighted by Gasteiger charge is -2.47. The Morgan fingerprint density at radius 3 is 1.61 bits per heavy atom. The van der Waals surface area contributed by atoms with Crippen molar-refractivity contribution in [3.8, 4) is 0 Å². The summed E-state index contributed by atoms with van der Waals surface area (Å²) in [4.78, 5) is 125. The first kappa shape index (κ1) is 75.0. The van der Waals surface area contributed by atoms with E-state index in [-0.39, 0.29) is 68.0 Å². The average Bonchev–Trinajstić information content (AvgIpc) is 3.08. The van der Waals surface area contributed by atoms with E-state index >= 15 is 0 Å². The number of aliphatic hydroxyl groups excluding tert-OH is 6. The van der Waals surface area contributed by atoms with Gasteiger partial charge in [-0.3, -0.25) is 43.2 Å². The summed E-state index contributed by atoms with van der Waals surface area (Å²) in [6.07, 6.45) is -16.5. The molecule has 0 saturated carbocycles. The smallest absolute Gasteiger partial charge is 0.227 e. The highest BCUT2D eigenvalue weighted by molar-refractivity contribution is 5.98. The van der Waals surface area contributed by atoms with Crippen molar-refractivity contribution in [2.24, 2.45) is 59.0 Å². The molecule has 0 aromatic heterocycles. The van der Waals surface area contributed by atoms with E-state index in [9.17, 15) is 73.8 Å². The number of Topliss-reactive ketones (excluding diaryl/α,β-unsaturated/α-hetero) is 5. The predicted molar refractivity (Wildman–Crippen MR) is 308 cm³/mol. The van der Waals surface area contributed by atoms with Crippen LogP contribution in [0.25, 0.3) is 0 Å². The van der Waals surface area contributed by atoms with Gasteiger partial charge in [0.2, 0.25) is 23.6 Å². The van der Waals surface area contributed by atoms with Crippen LogP contribution in [0.5, 0.6) is 0 Å². The lowest BCUT2D eigenvalue weighted by Crippen LogP contribution is -2.63. The maximum Gasteiger partial charge on any atom is 0.227 e. The molecule has 3 heterocycles. The van der Waals surface area contributed by atoms with Gasteiger partial charge in [-0.2, -0.15) is 0 Å². The lowest BCUT2D eigenvalue weighted by molar-refractivity contribution is -0.354. The van der Waals surface area contributed by atoms with Gasteiger partial charge in [-0.05, 0) is 72.1 Å². The Bertz CT molecular complexity index is 2270. The maximum atomic E-state index is 14.7. The van der Waals surface area contributed by atoms with Gasteiger partial charge in [0.15, 0.2) is 41.5 Å². The summed E-state index contributed by atoms with van der Waals surface area (Å²) in [6, 6.07) is -5.25. The molecule has 10 unspecified atom stereocenters. The molecule has 3 saturated heterocycles. The van der Waals surface area contributed by atoms with Crippen molar-refractivity contribution in [3.05, 3.63) is 0 Å². The molecule has 3 aliphatic rings. The number of carbonyl (C=O) groups excluding carboxylic acids is 9. The van der Waals surface area contributed by atoms with Crippen LogP contribution in [-0.2, 0) is 66.8 Å². The number of ether oxygens (including phenoxy) is 5. The molecule has 488 valence electrons. The molecule has 25 nitrogen and oxygen atoms in total.